The summed E-state index contributed by atoms with van der Waals surface area (Å²) in [7, 11) is 0. The molecule has 2 aromatic rings. The predicted octanol–water partition coefficient (Wildman–Crippen LogP) is 2.35. The molecule has 1 fully saturated rings. The summed E-state index contributed by atoms with van der Waals surface area (Å²) in [6, 6.07) is 4.61. The molecule has 3 rings (SSSR count). The number of aromatic nitrogens is 2. The number of carbonyl (C=O) groups excluding carboxylic acids is 2. The molecule has 7 nitrogen and oxygen atoms in total. The Balaban J connectivity index is 1.60. The van der Waals surface area contributed by atoms with E-state index in [4.69, 9.17) is 4.42 Å². The SMILES string of the molecule is C[C@H](NC(=O)c1ccco1)C(=O)Nc1ccnn1C1CCCC1. The van der Waals surface area contributed by atoms with Gasteiger partial charge in [0.05, 0.1) is 18.5 Å². The maximum atomic E-state index is 12.3. The molecule has 2 heterocycles. The highest BCUT2D eigenvalue weighted by Crippen LogP contribution is 2.31. The van der Waals surface area contributed by atoms with Gasteiger partial charge in [0.1, 0.15) is 11.9 Å². The van der Waals surface area contributed by atoms with Gasteiger partial charge in [0, 0.05) is 6.07 Å². The third kappa shape index (κ3) is 3.44. The molecule has 7 heteroatoms. The van der Waals surface area contributed by atoms with E-state index in [-0.39, 0.29) is 11.7 Å². The summed E-state index contributed by atoms with van der Waals surface area (Å²) in [4.78, 5) is 24.2. The van der Waals surface area contributed by atoms with Crippen molar-refractivity contribution in [3.8, 4) is 0 Å². The van der Waals surface area contributed by atoms with E-state index in [0.717, 1.165) is 12.8 Å². The van der Waals surface area contributed by atoms with Gasteiger partial charge in [-0.2, -0.15) is 5.10 Å². The van der Waals surface area contributed by atoms with Crippen molar-refractivity contribution in [1.82, 2.24) is 15.1 Å². The van der Waals surface area contributed by atoms with Crippen molar-refractivity contribution in [3.05, 3.63) is 36.4 Å². The Morgan fingerprint density at radius 3 is 2.83 bits per heavy atom. The van der Waals surface area contributed by atoms with Crippen LogP contribution in [-0.4, -0.2) is 27.6 Å². The minimum atomic E-state index is -0.681. The number of amides is 2. The number of nitrogens with zero attached hydrogens (tertiary/aromatic N) is 2. The van der Waals surface area contributed by atoms with E-state index >= 15 is 0 Å². The number of rotatable bonds is 5. The first-order chi connectivity index (χ1) is 11.1. The van der Waals surface area contributed by atoms with Crippen molar-refractivity contribution in [1.29, 1.82) is 0 Å². The van der Waals surface area contributed by atoms with Crippen LogP contribution in [0.15, 0.2) is 35.1 Å². The van der Waals surface area contributed by atoms with Crippen LogP contribution in [0.25, 0.3) is 0 Å². The predicted molar refractivity (Wildman–Crippen MR) is 84.0 cm³/mol. The van der Waals surface area contributed by atoms with Crippen molar-refractivity contribution >= 4 is 17.6 Å². The van der Waals surface area contributed by atoms with Crippen molar-refractivity contribution < 1.29 is 14.0 Å². The average Bonchev–Trinajstić information content (AvgIpc) is 3.28. The molecule has 0 unspecified atom stereocenters. The molecule has 1 atom stereocenters. The zero-order valence-electron chi connectivity index (χ0n) is 13.0. The number of hydrogen-bond acceptors (Lipinski definition) is 4. The summed E-state index contributed by atoms with van der Waals surface area (Å²) in [5, 5.41) is 9.75. The molecule has 1 aliphatic carbocycles. The van der Waals surface area contributed by atoms with Gasteiger partial charge in [0.25, 0.3) is 5.91 Å². The highest BCUT2D eigenvalue weighted by Gasteiger charge is 2.23. The van der Waals surface area contributed by atoms with Crippen LogP contribution in [0.4, 0.5) is 5.82 Å². The van der Waals surface area contributed by atoms with Crippen LogP contribution >= 0.6 is 0 Å². The Hall–Kier alpha value is -2.57. The minimum Gasteiger partial charge on any atom is -0.459 e. The van der Waals surface area contributed by atoms with Crippen LogP contribution in [0.2, 0.25) is 0 Å². The minimum absolute atomic E-state index is 0.181. The van der Waals surface area contributed by atoms with Gasteiger partial charge in [-0.25, -0.2) is 4.68 Å². The van der Waals surface area contributed by atoms with Crippen LogP contribution in [-0.2, 0) is 4.79 Å². The highest BCUT2D eigenvalue weighted by atomic mass is 16.3. The Bertz CT molecular complexity index is 671. The zero-order valence-corrected chi connectivity index (χ0v) is 13.0. The van der Waals surface area contributed by atoms with Crippen LogP contribution < -0.4 is 10.6 Å². The lowest BCUT2D eigenvalue weighted by Crippen LogP contribution is -2.41. The zero-order chi connectivity index (χ0) is 16.2. The summed E-state index contributed by atoms with van der Waals surface area (Å²) in [5.41, 5.74) is 0. The average molecular weight is 316 g/mol. The lowest BCUT2D eigenvalue weighted by Gasteiger charge is -2.17. The Labute approximate surface area is 134 Å². The standard InChI is InChI=1S/C16H20N4O3/c1-11(18-16(22)13-7-4-10-23-13)15(21)19-14-8-9-17-20(14)12-5-2-3-6-12/h4,7-12H,2-3,5-6H2,1H3,(H,18,22)(H,19,21)/t11-/m0/s1. The molecule has 0 bridgehead atoms. The van der Waals surface area contributed by atoms with Gasteiger partial charge in [-0.05, 0) is 31.9 Å². The summed E-state index contributed by atoms with van der Waals surface area (Å²) >= 11 is 0. The highest BCUT2D eigenvalue weighted by molar-refractivity contribution is 5.99. The second-order valence-electron chi connectivity index (χ2n) is 5.76. The lowest BCUT2D eigenvalue weighted by atomic mass is 10.2. The van der Waals surface area contributed by atoms with Crippen molar-refractivity contribution in [2.45, 2.75) is 44.7 Å². The molecular weight excluding hydrogens is 296 g/mol. The van der Waals surface area contributed by atoms with Crippen molar-refractivity contribution in [2.24, 2.45) is 0 Å². The van der Waals surface area contributed by atoms with Crippen LogP contribution in [0.1, 0.15) is 49.2 Å². The molecule has 0 aromatic carbocycles. The summed E-state index contributed by atoms with van der Waals surface area (Å²) in [5.74, 6) is 0.147. The molecule has 0 radical (unpaired) electrons. The number of nitrogens with one attached hydrogen (secondary N) is 2. The van der Waals surface area contributed by atoms with Gasteiger partial charge < -0.3 is 15.1 Å². The van der Waals surface area contributed by atoms with Crippen molar-refractivity contribution in [3.63, 3.8) is 0 Å². The molecule has 23 heavy (non-hydrogen) atoms. The van der Waals surface area contributed by atoms with Gasteiger partial charge in [-0.3, -0.25) is 9.59 Å². The summed E-state index contributed by atoms with van der Waals surface area (Å²) in [6.45, 7) is 1.63. The van der Waals surface area contributed by atoms with Gasteiger partial charge in [0.15, 0.2) is 5.76 Å². The first-order valence-corrected chi connectivity index (χ1v) is 7.84. The fraction of sp³-hybridized carbons (Fsp3) is 0.438. The molecule has 122 valence electrons. The molecular formula is C16H20N4O3. The Morgan fingerprint density at radius 2 is 2.13 bits per heavy atom. The third-order valence-electron chi connectivity index (χ3n) is 4.08. The Morgan fingerprint density at radius 1 is 1.35 bits per heavy atom. The smallest absolute Gasteiger partial charge is 0.287 e. The van der Waals surface area contributed by atoms with Gasteiger partial charge in [-0.15, -0.1) is 0 Å². The fourth-order valence-electron chi connectivity index (χ4n) is 2.83. The van der Waals surface area contributed by atoms with E-state index in [1.54, 1.807) is 31.3 Å². The molecule has 0 aliphatic heterocycles. The molecule has 1 aliphatic rings. The van der Waals surface area contributed by atoms with E-state index in [0.29, 0.717) is 11.9 Å². The molecule has 2 amide bonds. The van der Waals surface area contributed by atoms with E-state index in [1.807, 2.05) is 4.68 Å². The monoisotopic (exact) mass is 316 g/mol. The van der Waals surface area contributed by atoms with Crippen LogP contribution in [0, 0.1) is 0 Å². The largest absolute Gasteiger partial charge is 0.459 e. The van der Waals surface area contributed by atoms with Crippen LogP contribution in [0.5, 0.6) is 0 Å². The van der Waals surface area contributed by atoms with E-state index < -0.39 is 11.9 Å². The lowest BCUT2D eigenvalue weighted by molar-refractivity contribution is -0.117. The van der Waals surface area contributed by atoms with E-state index in [1.165, 1.54) is 19.1 Å². The molecule has 0 saturated heterocycles. The van der Waals surface area contributed by atoms with E-state index in [9.17, 15) is 9.59 Å². The second kappa shape index (κ2) is 6.68. The third-order valence-corrected chi connectivity index (χ3v) is 4.08. The topological polar surface area (TPSA) is 89.2 Å². The first-order valence-electron chi connectivity index (χ1n) is 7.84. The normalized spacial score (nSPS) is 16.2. The number of carbonyl (C=O) groups is 2. The van der Waals surface area contributed by atoms with Gasteiger partial charge in [0.2, 0.25) is 5.91 Å². The van der Waals surface area contributed by atoms with Crippen LogP contribution in [0.3, 0.4) is 0 Å². The number of anilines is 1. The summed E-state index contributed by atoms with van der Waals surface area (Å²) < 4.78 is 6.88. The maximum absolute atomic E-state index is 12.3. The first kappa shape index (κ1) is 15.3. The summed E-state index contributed by atoms with van der Waals surface area (Å²) in [6.07, 6.45) is 7.63. The van der Waals surface area contributed by atoms with Crippen molar-refractivity contribution in [2.75, 3.05) is 5.32 Å². The van der Waals surface area contributed by atoms with E-state index in [2.05, 4.69) is 15.7 Å². The fourth-order valence-corrected chi connectivity index (χ4v) is 2.83. The molecule has 2 aromatic heterocycles. The van der Waals surface area contributed by atoms with Gasteiger partial charge >= 0.3 is 0 Å². The second-order valence-corrected chi connectivity index (χ2v) is 5.76. The van der Waals surface area contributed by atoms with Gasteiger partial charge in [-0.1, -0.05) is 12.8 Å². The maximum Gasteiger partial charge on any atom is 0.287 e. The molecule has 0 spiro atoms. The molecule has 1 saturated carbocycles. The number of furan rings is 1. The molecule has 2 N–H and O–H groups in total. The quantitative estimate of drug-likeness (QED) is 0.886. The Kier molecular flexibility index (Phi) is 4.45. The number of hydrogen-bond donors (Lipinski definition) is 2.